The molecule has 12 heteroatoms. The van der Waals surface area contributed by atoms with E-state index in [0.29, 0.717) is 15.6 Å². The van der Waals surface area contributed by atoms with Crippen molar-refractivity contribution in [2.45, 2.75) is 26.4 Å². The average molecular weight is 369 g/mol. The molecule has 2 aromatic rings. The van der Waals surface area contributed by atoms with Crippen LogP contribution in [0.3, 0.4) is 0 Å². The summed E-state index contributed by atoms with van der Waals surface area (Å²) in [5.41, 5.74) is 1.07. The van der Waals surface area contributed by atoms with Gasteiger partial charge >= 0.3 is 12.5 Å². The van der Waals surface area contributed by atoms with Gasteiger partial charge in [-0.05, 0) is 13.8 Å². The van der Waals surface area contributed by atoms with Crippen molar-refractivity contribution in [1.82, 2.24) is 19.8 Å². The highest BCUT2D eigenvalue weighted by molar-refractivity contribution is 5.60. The zero-order chi connectivity index (χ0) is 18.6. The number of hydrogen-bond donors (Lipinski definition) is 0. The topological polar surface area (TPSA) is 55.5 Å². The molecule has 0 amide bonds. The second-order valence-electron chi connectivity index (χ2n) is 5.86. The van der Waals surface area contributed by atoms with Crippen LogP contribution in [0.4, 0.5) is 32.2 Å². The Morgan fingerprint density at radius 2 is 1.68 bits per heavy atom. The lowest BCUT2D eigenvalue weighted by Crippen LogP contribution is -2.50. The van der Waals surface area contributed by atoms with Crippen molar-refractivity contribution in [2.24, 2.45) is 5.92 Å². The molecule has 0 N–H and O–H groups in total. The van der Waals surface area contributed by atoms with Crippen LogP contribution < -0.4 is 4.90 Å². The molecule has 138 valence electrons. The number of aromatic nitrogens is 4. The second kappa shape index (κ2) is 5.71. The zero-order valence-electron chi connectivity index (χ0n) is 13.1. The molecule has 3 heterocycles. The molecule has 6 nitrogen and oxygen atoms in total. The largest absolute Gasteiger partial charge is 0.522 e. The molecule has 0 atom stereocenters. The minimum atomic E-state index is -4.72. The number of hydrogen-bond acceptors (Lipinski definition) is 5. The van der Waals surface area contributed by atoms with E-state index in [2.05, 4.69) is 20.0 Å². The van der Waals surface area contributed by atoms with E-state index in [1.165, 1.54) is 0 Å². The number of aryl methyl sites for hydroxylation is 1. The number of ether oxygens (including phenoxy) is 1. The normalized spacial score (nSPS) is 16.6. The van der Waals surface area contributed by atoms with Gasteiger partial charge in [0.25, 0.3) is 5.82 Å². The summed E-state index contributed by atoms with van der Waals surface area (Å²) in [5, 5.41) is 10.6. The van der Waals surface area contributed by atoms with Gasteiger partial charge in [-0.15, -0.1) is 28.5 Å². The third-order valence-corrected chi connectivity index (χ3v) is 4.06. The summed E-state index contributed by atoms with van der Waals surface area (Å²) < 4.78 is 79.5. The Labute approximate surface area is 137 Å². The van der Waals surface area contributed by atoms with E-state index in [1.54, 1.807) is 18.7 Å². The van der Waals surface area contributed by atoms with Crippen LogP contribution in [0.1, 0.15) is 17.0 Å². The fourth-order valence-electron chi connectivity index (χ4n) is 2.65. The standard InChI is InChI=1S/C13H13F6N5O/c1-6-7(2)10(23-3-8(4-23)5-25-13(17,18)19)22-24-9(6)20-21-11(24)12(14,15)16/h8H,3-5H2,1-2H3. The van der Waals surface area contributed by atoms with Crippen molar-refractivity contribution in [3.63, 3.8) is 0 Å². The lowest BCUT2D eigenvalue weighted by molar-refractivity contribution is -0.328. The van der Waals surface area contributed by atoms with E-state index in [4.69, 9.17) is 0 Å². The van der Waals surface area contributed by atoms with Gasteiger partial charge in [0.15, 0.2) is 11.5 Å². The molecule has 1 aliphatic rings. The Morgan fingerprint density at radius 1 is 1.04 bits per heavy atom. The molecule has 0 spiro atoms. The number of anilines is 1. The molecule has 0 aliphatic carbocycles. The summed E-state index contributed by atoms with van der Waals surface area (Å²) in [6.07, 6.45) is -9.42. The molecule has 0 radical (unpaired) electrons. The fraction of sp³-hybridized carbons (Fsp3) is 0.615. The molecular formula is C13H13F6N5O. The first-order valence-corrected chi connectivity index (χ1v) is 7.23. The van der Waals surface area contributed by atoms with Crippen LogP contribution in [-0.2, 0) is 10.9 Å². The van der Waals surface area contributed by atoms with Gasteiger partial charge < -0.3 is 4.90 Å². The van der Waals surface area contributed by atoms with Gasteiger partial charge in [0.05, 0.1) is 6.61 Å². The molecule has 2 aromatic heterocycles. The van der Waals surface area contributed by atoms with Crippen LogP contribution in [0.2, 0.25) is 0 Å². The lowest BCUT2D eigenvalue weighted by atomic mass is 10.00. The van der Waals surface area contributed by atoms with Crippen molar-refractivity contribution in [3.8, 4) is 0 Å². The van der Waals surface area contributed by atoms with Gasteiger partial charge in [0.1, 0.15) is 0 Å². The quantitative estimate of drug-likeness (QED) is 0.779. The molecule has 3 rings (SSSR count). The zero-order valence-corrected chi connectivity index (χ0v) is 13.1. The fourth-order valence-corrected chi connectivity index (χ4v) is 2.65. The molecule has 1 aliphatic heterocycles. The van der Waals surface area contributed by atoms with E-state index >= 15 is 0 Å². The van der Waals surface area contributed by atoms with Gasteiger partial charge in [-0.25, -0.2) is 0 Å². The molecule has 1 fully saturated rings. The minimum absolute atomic E-state index is 0.00828. The Hall–Kier alpha value is -2.11. The Balaban J connectivity index is 1.85. The summed E-state index contributed by atoms with van der Waals surface area (Å²) >= 11 is 0. The summed E-state index contributed by atoms with van der Waals surface area (Å²) in [7, 11) is 0. The van der Waals surface area contributed by atoms with Crippen molar-refractivity contribution >= 4 is 11.5 Å². The van der Waals surface area contributed by atoms with Crippen molar-refractivity contribution < 1.29 is 31.1 Å². The summed E-state index contributed by atoms with van der Waals surface area (Å²) in [5.74, 6) is -1.36. The summed E-state index contributed by atoms with van der Waals surface area (Å²) in [6.45, 7) is 3.17. The Kier molecular flexibility index (Phi) is 4.05. The average Bonchev–Trinajstić information content (AvgIpc) is 2.84. The smallest absolute Gasteiger partial charge is 0.354 e. The highest BCUT2D eigenvalue weighted by Crippen LogP contribution is 2.33. The third-order valence-electron chi connectivity index (χ3n) is 4.06. The van der Waals surface area contributed by atoms with Crippen LogP contribution in [0.5, 0.6) is 0 Å². The monoisotopic (exact) mass is 369 g/mol. The lowest BCUT2D eigenvalue weighted by Gasteiger charge is -2.40. The number of halogens is 6. The van der Waals surface area contributed by atoms with Crippen molar-refractivity contribution in [1.29, 1.82) is 0 Å². The first-order valence-electron chi connectivity index (χ1n) is 7.23. The maximum absolute atomic E-state index is 13.0. The Bertz CT molecular complexity index is 793. The first-order chi connectivity index (χ1) is 11.5. The molecule has 0 unspecified atom stereocenters. The molecular weight excluding hydrogens is 356 g/mol. The van der Waals surface area contributed by atoms with E-state index in [0.717, 1.165) is 0 Å². The summed E-state index contributed by atoms with van der Waals surface area (Å²) in [6, 6.07) is 0. The van der Waals surface area contributed by atoms with E-state index in [9.17, 15) is 26.3 Å². The highest BCUT2D eigenvalue weighted by Gasteiger charge is 2.39. The van der Waals surface area contributed by atoms with Crippen LogP contribution in [0.25, 0.3) is 5.65 Å². The first kappa shape index (κ1) is 17.7. The molecule has 1 saturated heterocycles. The Morgan fingerprint density at radius 3 is 2.24 bits per heavy atom. The van der Waals surface area contributed by atoms with E-state index < -0.39 is 25.0 Å². The van der Waals surface area contributed by atoms with Gasteiger partial charge in [-0.2, -0.15) is 17.7 Å². The molecule has 0 bridgehead atoms. The van der Waals surface area contributed by atoms with Crippen molar-refractivity contribution in [2.75, 3.05) is 24.6 Å². The van der Waals surface area contributed by atoms with Gasteiger partial charge in [0.2, 0.25) is 0 Å². The second-order valence-corrected chi connectivity index (χ2v) is 5.86. The van der Waals surface area contributed by atoms with Gasteiger partial charge in [0, 0.05) is 30.1 Å². The maximum atomic E-state index is 13.0. The summed E-state index contributed by atoms with van der Waals surface area (Å²) in [4.78, 5) is 1.60. The number of fused-ring (bicyclic) bond motifs is 1. The van der Waals surface area contributed by atoms with Crippen LogP contribution in [0.15, 0.2) is 0 Å². The predicted octanol–water partition coefficient (Wildman–Crippen LogP) is 2.73. The van der Waals surface area contributed by atoms with E-state index in [-0.39, 0.29) is 30.5 Å². The third kappa shape index (κ3) is 3.34. The molecule has 25 heavy (non-hydrogen) atoms. The SMILES string of the molecule is Cc1c(N2CC(COC(F)(F)F)C2)nn2c(C(F)(F)F)nnc2c1C. The minimum Gasteiger partial charge on any atom is -0.354 e. The number of nitrogens with zero attached hydrogens (tertiary/aromatic N) is 5. The maximum Gasteiger partial charge on any atom is 0.522 e. The van der Waals surface area contributed by atoms with Crippen LogP contribution in [-0.4, -0.2) is 45.9 Å². The highest BCUT2D eigenvalue weighted by atomic mass is 19.4. The van der Waals surface area contributed by atoms with E-state index in [1.807, 2.05) is 0 Å². The predicted molar refractivity (Wildman–Crippen MR) is 73.0 cm³/mol. The van der Waals surface area contributed by atoms with Gasteiger partial charge in [-0.1, -0.05) is 0 Å². The van der Waals surface area contributed by atoms with Crippen LogP contribution >= 0.6 is 0 Å². The molecule has 0 aromatic carbocycles. The number of rotatable bonds is 3. The number of alkyl halides is 6. The molecule has 0 saturated carbocycles. The van der Waals surface area contributed by atoms with Crippen molar-refractivity contribution in [3.05, 3.63) is 17.0 Å². The van der Waals surface area contributed by atoms with Crippen LogP contribution in [0, 0.1) is 19.8 Å². The van der Waals surface area contributed by atoms with Gasteiger partial charge in [-0.3, -0.25) is 4.74 Å².